The average Bonchev–Trinajstić information content (AvgIpc) is 3.23. The van der Waals surface area contributed by atoms with Crippen LogP contribution in [0.15, 0.2) is 53.3 Å². The lowest BCUT2D eigenvalue weighted by Crippen LogP contribution is -2.25. The van der Waals surface area contributed by atoms with Crippen LogP contribution in [0.3, 0.4) is 0 Å². The summed E-state index contributed by atoms with van der Waals surface area (Å²) in [6.07, 6.45) is 7.01. The van der Waals surface area contributed by atoms with E-state index in [1.165, 1.54) is 0 Å². The monoisotopic (exact) mass is 394 g/mol. The summed E-state index contributed by atoms with van der Waals surface area (Å²) in [5.41, 5.74) is 1.99. The molecule has 0 fully saturated rings. The Balaban J connectivity index is 1.36. The Hall–Kier alpha value is -3.22. The van der Waals surface area contributed by atoms with Gasteiger partial charge in [0.05, 0.1) is 6.61 Å². The lowest BCUT2D eigenvalue weighted by atomic mass is 10.1. The van der Waals surface area contributed by atoms with Gasteiger partial charge >= 0.3 is 0 Å². The normalized spacial score (nSPS) is 10.7. The van der Waals surface area contributed by atoms with Crippen molar-refractivity contribution in [3.8, 4) is 17.1 Å². The second-order valence-electron chi connectivity index (χ2n) is 6.69. The molecule has 1 aromatic carbocycles. The number of nitrogens with zero attached hydrogens (tertiary/aromatic N) is 3. The summed E-state index contributed by atoms with van der Waals surface area (Å²) in [6.45, 7) is 3.47. The summed E-state index contributed by atoms with van der Waals surface area (Å²) in [4.78, 5) is 20.3. The first-order valence-electron chi connectivity index (χ1n) is 9.96. The molecule has 7 nitrogen and oxygen atoms in total. The third kappa shape index (κ3) is 6.71. The maximum Gasteiger partial charge on any atom is 0.227 e. The zero-order chi connectivity index (χ0) is 20.3. The minimum atomic E-state index is -0.0341. The van der Waals surface area contributed by atoms with Crippen LogP contribution < -0.4 is 10.1 Å². The molecule has 152 valence electrons. The molecule has 0 saturated carbocycles. The molecule has 1 N–H and O–H groups in total. The number of hydrogen-bond acceptors (Lipinski definition) is 6. The van der Waals surface area contributed by atoms with Crippen LogP contribution >= 0.6 is 0 Å². The highest BCUT2D eigenvalue weighted by molar-refractivity contribution is 5.76. The zero-order valence-electron chi connectivity index (χ0n) is 16.6. The van der Waals surface area contributed by atoms with Crippen molar-refractivity contribution in [1.29, 1.82) is 0 Å². The highest BCUT2D eigenvalue weighted by atomic mass is 16.5. The summed E-state index contributed by atoms with van der Waals surface area (Å²) >= 11 is 0. The van der Waals surface area contributed by atoms with E-state index in [0.717, 1.165) is 42.7 Å². The van der Waals surface area contributed by atoms with Gasteiger partial charge in [0.2, 0.25) is 17.6 Å². The van der Waals surface area contributed by atoms with Crippen LogP contribution in [-0.4, -0.2) is 34.2 Å². The lowest BCUT2D eigenvalue weighted by molar-refractivity contribution is -0.121. The maximum atomic E-state index is 12.1. The number of benzene rings is 1. The summed E-state index contributed by atoms with van der Waals surface area (Å²) in [5, 5.41) is 6.87. The molecule has 7 heteroatoms. The Bertz CT molecular complexity index is 879. The quantitative estimate of drug-likeness (QED) is 0.500. The molecule has 0 aliphatic carbocycles. The molecule has 2 aromatic heterocycles. The van der Waals surface area contributed by atoms with Gasteiger partial charge in [-0.05, 0) is 42.7 Å². The Labute approximate surface area is 170 Å². The molecule has 0 bridgehead atoms. The van der Waals surface area contributed by atoms with E-state index in [-0.39, 0.29) is 5.91 Å². The maximum absolute atomic E-state index is 12.1. The standard InChI is InChI=1S/C22H26N4O3/c1-2-3-16-28-19-6-4-17(5-7-19)10-15-24-20(27)8-9-21-25-22(26-29-21)18-11-13-23-14-12-18/h4-7,11-14H,2-3,8-10,15-16H2,1H3,(H,24,27). The SMILES string of the molecule is CCCCOc1ccc(CCNC(=O)CCc2nc(-c3ccncc3)no2)cc1. The fourth-order valence-electron chi connectivity index (χ4n) is 2.72. The van der Waals surface area contributed by atoms with Gasteiger partial charge in [0.15, 0.2) is 0 Å². The van der Waals surface area contributed by atoms with Crippen molar-refractivity contribution >= 4 is 5.91 Å². The highest BCUT2D eigenvalue weighted by Crippen LogP contribution is 2.15. The van der Waals surface area contributed by atoms with Gasteiger partial charge in [-0.15, -0.1) is 0 Å². The Kier molecular flexibility index (Phi) is 7.74. The average molecular weight is 394 g/mol. The van der Waals surface area contributed by atoms with Gasteiger partial charge in [0.1, 0.15) is 5.75 Å². The number of amides is 1. The molecular formula is C22H26N4O3. The molecule has 0 aliphatic heterocycles. The van der Waals surface area contributed by atoms with Gasteiger partial charge in [-0.2, -0.15) is 4.98 Å². The topological polar surface area (TPSA) is 90.1 Å². The van der Waals surface area contributed by atoms with Gasteiger partial charge < -0.3 is 14.6 Å². The van der Waals surface area contributed by atoms with Crippen LogP contribution in [0.4, 0.5) is 0 Å². The van der Waals surface area contributed by atoms with Crippen molar-refractivity contribution in [1.82, 2.24) is 20.4 Å². The minimum absolute atomic E-state index is 0.0341. The van der Waals surface area contributed by atoms with E-state index in [9.17, 15) is 4.79 Å². The van der Waals surface area contributed by atoms with E-state index >= 15 is 0 Å². The van der Waals surface area contributed by atoms with Gasteiger partial charge in [-0.1, -0.05) is 30.6 Å². The van der Waals surface area contributed by atoms with Crippen LogP contribution in [0, 0.1) is 0 Å². The summed E-state index contributed by atoms with van der Waals surface area (Å²) in [5.74, 6) is 1.81. The molecule has 0 spiro atoms. The highest BCUT2D eigenvalue weighted by Gasteiger charge is 2.10. The van der Waals surface area contributed by atoms with Crippen LogP contribution in [0.25, 0.3) is 11.4 Å². The van der Waals surface area contributed by atoms with E-state index in [1.807, 2.05) is 36.4 Å². The molecule has 1 amide bonds. The molecule has 0 unspecified atom stereocenters. The number of ether oxygens (including phenoxy) is 1. The van der Waals surface area contributed by atoms with E-state index in [0.29, 0.717) is 31.1 Å². The van der Waals surface area contributed by atoms with Crippen LogP contribution in [0.5, 0.6) is 5.75 Å². The van der Waals surface area contributed by atoms with E-state index in [4.69, 9.17) is 9.26 Å². The number of carbonyl (C=O) groups excluding carboxylic acids is 1. The molecule has 0 aliphatic rings. The predicted molar refractivity (Wildman–Crippen MR) is 109 cm³/mol. The number of rotatable bonds is 11. The third-order valence-electron chi connectivity index (χ3n) is 4.40. The largest absolute Gasteiger partial charge is 0.494 e. The van der Waals surface area contributed by atoms with E-state index < -0.39 is 0 Å². The Morgan fingerprint density at radius 2 is 1.90 bits per heavy atom. The van der Waals surface area contributed by atoms with Crippen LogP contribution in [0.2, 0.25) is 0 Å². The van der Waals surface area contributed by atoms with Crippen molar-refractivity contribution in [2.45, 2.75) is 39.0 Å². The molecule has 2 heterocycles. The molecule has 3 rings (SSSR count). The molecule has 0 atom stereocenters. The summed E-state index contributed by atoms with van der Waals surface area (Å²) < 4.78 is 10.9. The number of pyridine rings is 1. The van der Waals surface area contributed by atoms with Crippen LogP contribution in [0.1, 0.15) is 37.6 Å². The van der Waals surface area contributed by atoms with E-state index in [2.05, 4.69) is 27.4 Å². The van der Waals surface area contributed by atoms with Gasteiger partial charge in [0.25, 0.3) is 0 Å². The Morgan fingerprint density at radius 3 is 2.66 bits per heavy atom. The molecular weight excluding hydrogens is 368 g/mol. The van der Waals surface area contributed by atoms with E-state index in [1.54, 1.807) is 12.4 Å². The number of carbonyl (C=O) groups is 1. The number of hydrogen-bond donors (Lipinski definition) is 1. The minimum Gasteiger partial charge on any atom is -0.494 e. The summed E-state index contributed by atoms with van der Waals surface area (Å²) in [7, 11) is 0. The second-order valence-corrected chi connectivity index (χ2v) is 6.69. The number of unbranched alkanes of at least 4 members (excludes halogenated alkanes) is 1. The Morgan fingerprint density at radius 1 is 1.10 bits per heavy atom. The predicted octanol–water partition coefficient (Wildman–Crippen LogP) is 3.60. The molecule has 3 aromatic rings. The fourth-order valence-corrected chi connectivity index (χ4v) is 2.72. The molecule has 29 heavy (non-hydrogen) atoms. The van der Waals surface area contributed by atoms with Crippen molar-refractivity contribution in [3.63, 3.8) is 0 Å². The first-order chi connectivity index (χ1) is 14.2. The molecule has 0 saturated heterocycles. The van der Waals surface area contributed by atoms with Crippen molar-refractivity contribution in [2.24, 2.45) is 0 Å². The fraction of sp³-hybridized carbons (Fsp3) is 0.364. The van der Waals surface area contributed by atoms with Gasteiger partial charge in [0, 0.05) is 37.3 Å². The van der Waals surface area contributed by atoms with Gasteiger partial charge in [-0.3, -0.25) is 9.78 Å². The smallest absolute Gasteiger partial charge is 0.227 e. The van der Waals surface area contributed by atoms with Crippen molar-refractivity contribution < 1.29 is 14.1 Å². The number of aromatic nitrogens is 3. The molecule has 0 radical (unpaired) electrons. The second kappa shape index (κ2) is 10.9. The third-order valence-corrected chi connectivity index (χ3v) is 4.40. The van der Waals surface area contributed by atoms with Gasteiger partial charge in [-0.25, -0.2) is 0 Å². The number of aryl methyl sites for hydroxylation is 1. The first kappa shape index (κ1) is 20.5. The number of nitrogens with one attached hydrogen (secondary N) is 1. The lowest BCUT2D eigenvalue weighted by Gasteiger charge is -2.07. The van der Waals surface area contributed by atoms with Crippen LogP contribution in [-0.2, 0) is 17.6 Å². The van der Waals surface area contributed by atoms with Crippen molar-refractivity contribution in [2.75, 3.05) is 13.2 Å². The zero-order valence-corrected chi connectivity index (χ0v) is 16.6. The van der Waals surface area contributed by atoms with Crippen molar-refractivity contribution in [3.05, 3.63) is 60.2 Å². The summed E-state index contributed by atoms with van der Waals surface area (Å²) in [6, 6.07) is 11.6. The first-order valence-corrected chi connectivity index (χ1v) is 9.96.